The number of carbonyl (C=O) groups excluding carboxylic acids is 1. The lowest BCUT2D eigenvalue weighted by Gasteiger charge is -2.13. The van der Waals surface area contributed by atoms with Gasteiger partial charge in [0.15, 0.2) is 5.17 Å². The number of fused-ring (bicyclic) bond motifs is 1. The molecule has 3 aromatic carbocycles. The van der Waals surface area contributed by atoms with Gasteiger partial charge in [-0.25, -0.2) is 4.99 Å². The van der Waals surface area contributed by atoms with E-state index in [1.165, 1.54) is 23.9 Å². The van der Waals surface area contributed by atoms with E-state index in [-0.39, 0.29) is 11.6 Å². The summed E-state index contributed by atoms with van der Waals surface area (Å²) in [6.45, 7) is 4.14. The SMILES string of the molecule is C=CCN1C(=O)C(=Cc2cccn2-c2ccc([N+](=O)[O-])cc2)SC1=Nc1cccc2ccccc12. The van der Waals surface area contributed by atoms with Crippen molar-refractivity contribution in [2.24, 2.45) is 4.99 Å². The van der Waals surface area contributed by atoms with Gasteiger partial charge in [0.2, 0.25) is 0 Å². The zero-order valence-electron chi connectivity index (χ0n) is 18.6. The lowest BCUT2D eigenvalue weighted by Crippen LogP contribution is -2.29. The highest BCUT2D eigenvalue weighted by atomic mass is 32.2. The number of nitrogens with zero attached hydrogens (tertiary/aromatic N) is 4. The summed E-state index contributed by atoms with van der Waals surface area (Å²) in [5.41, 5.74) is 2.36. The average Bonchev–Trinajstić information content (AvgIpc) is 3.45. The van der Waals surface area contributed by atoms with Gasteiger partial charge in [0.05, 0.1) is 15.5 Å². The van der Waals surface area contributed by atoms with Crippen LogP contribution in [0.15, 0.2) is 108 Å². The van der Waals surface area contributed by atoms with E-state index < -0.39 is 4.92 Å². The molecule has 172 valence electrons. The molecule has 1 saturated heterocycles. The van der Waals surface area contributed by atoms with Crippen molar-refractivity contribution in [3.63, 3.8) is 0 Å². The van der Waals surface area contributed by atoms with Gasteiger partial charge < -0.3 is 4.57 Å². The molecule has 35 heavy (non-hydrogen) atoms. The van der Waals surface area contributed by atoms with Crippen LogP contribution in [-0.2, 0) is 4.79 Å². The van der Waals surface area contributed by atoms with Crippen LogP contribution >= 0.6 is 11.8 Å². The Labute approximate surface area is 205 Å². The summed E-state index contributed by atoms with van der Waals surface area (Å²) in [5, 5.41) is 13.7. The van der Waals surface area contributed by atoms with Gasteiger partial charge in [0.1, 0.15) is 0 Å². The first-order valence-electron chi connectivity index (χ1n) is 10.9. The number of nitro benzene ring substituents is 1. The predicted octanol–water partition coefficient (Wildman–Crippen LogP) is 6.33. The summed E-state index contributed by atoms with van der Waals surface area (Å²) < 4.78 is 1.88. The van der Waals surface area contributed by atoms with Crippen LogP contribution in [0.3, 0.4) is 0 Å². The van der Waals surface area contributed by atoms with Crippen LogP contribution in [0.4, 0.5) is 11.4 Å². The lowest BCUT2D eigenvalue weighted by molar-refractivity contribution is -0.384. The number of aromatic nitrogens is 1. The minimum Gasteiger partial charge on any atom is -0.317 e. The van der Waals surface area contributed by atoms with Crippen molar-refractivity contribution in [1.82, 2.24) is 9.47 Å². The Morgan fingerprint density at radius 2 is 1.77 bits per heavy atom. The van der Waals surface area contributed by atoms with Gasteiger partial charge in [-0.3, -0.25) is 19.8 Å². The highest BCUT2D eigenvalue weighted by Crippen LogP contribution is 2.36. The first kappa shape index (κ1) is 22.4. The second kappa shape index (κ2) is 9.44. The maximum atomic E-state index is 13.3. The van der Waals surface area contributed by atoms with Crippen molar-refractivity contribution in [1.29, 1.82) is 0 Å². The molecule has 0 atom stereocenters. The largest absolute Gasteiger partial charge is 0.317 e. The summed E-state index contributed by atoms with van der Waals surface area (Å²) in [4.78, 5) is 30.8. The first-order chi connectivity index (χ1) is 17.0. The highest BCUT2D eigenvalue weighted by molar-refractivity contribution is 8.18. The Kier molecular flexibility index (Phi) is 6.03. The molecule has 0 bridgehead atoms. The smallest absolute Gasteiger partial charge is 0.269 e. The number of rotatable bonds is 6. The predicted molar refractivity (Wildman–Crippen MR) is 141 cm³/mol. The maximum Gasteiger partial charge on any atom is 0.269 e. The maximum absolute atomic E-state index is 13.3. The number of nitro groups is 1. The van der Waals surface area contributed by atoms with Crippen LogP contribution in [0.25, 0.3) is 22.5 Å². The van der Waals surface area contributed by atoms with Crippen molar-refractivity contribution in [2.45, 2.75) is 0 Å². The number of amidine groups is 1. The zero-order valence-corrected chi connectivity index (χ0v) is 19.4. The van der Waals surface area contributed by atoms with Crippen LogP contribution in [-0.4, -0.2) is 32.0 Å². The van der Waals surface area contributed by atoms with Crippen molar-refractivity contribution in [3.05, 3.63) is 118 Å². The third-order valence-corrected chi connectivity index (χ3v) is 6.59. The van der Waals surface area contributed by atoms with E-state index in [2.05, 4.69) is 6.58 Å². The van der Waals surface area contributed by atoms with Crippen LogP contribution in [0.5, 0.6) is 0 Å². The summed E-state index contributed by atoms with van der Waals surface area (Å²) in [7, 11) is 0. The van der Waals surface area contributed by atoms with Crippen LogP contribution < -0.4 is 0 Å². The van der Waals surface area contributed by atoms with Gasteiger partial charge in [0.25, 0.3) is 11.6 Å². The Morgan fingerprint density at radius 3 is 2.54 bits per heavy atom. The van der Waals surface area contributed by atoms with E-state index in [1.54, 1.807) is 23.1 Å². The number of hydrogen-bond donors (Lipinski definition) is 0. The molecule has 1 aliphatic rings. The highest BCUT2D eigenvalue weighted by Gasteiger charge is 2.33. The molecule has 4 aromatic rings. The number of amides is 1. The molecule has 0 N–H and O–H groups in total. The van der Waals surface area contributed by atoms with Crippen molar-refractivity contribution in [3.8, 4) is 5.69 Å². The van der Waals surface area contributed by atoms with Gasteiger partial charge in [-0.1, -0.05) is 42.5 Å². The van der Waals surface area contributed by atoms with Gasteiger partial charge in [-0.15, -0.1) is 6.58 Å². The van der Waals surface area contributed by atoms with Crippen LogP contribution in [0.2, 0.25) is 0 Å². The molecular weight excluding hydrogens is 460 g/mol. The first-order valence-corrected chi connectivity index (χ1v) is 11.7. The number of aliphatic imine (C=N–C) groups is 1. The van der Waals surface area contributed by atoms with E-state index in [0.29, 0.717) is 16.6 Å². The monoisotopic (exact) mass is 480 g/mol. The van der Waals surface area contributed by atoms with E-state index in [4.69, 9.17) is 4.99 Å². The molecule has 0 radical (unpaired) electrons. The van der Waals surface area contributed by atoms with Crippen molar-refractivity contribution >= 4 is 51.1 Å². The van der Waals surface area contributed by atoms with E-state index in [1.807, 2.05) is 71.4 Å². The molecule has 2 heterocycles. The van der Waals surface area contributed by atoms with E-state index in [0.717, 1.165) is 27.8 Å². The molecular formula is C27H20N4O3S. The minimum atomic E-state index is -0.429. The topological polar surface area (TPSA) is 80.7 Å². The number of non-ortho nitro benzene ring substituents is 1. The Balaban J connectivity index is 1.51. The van der Waals surface area contributed by atoms with Crippen molar-refractivity contribution in [2.75, 3.05) is 6.54 Å². The summed E-state index contributed by atoms with van der Waals surface area (Å²) in [5.74, 6) is -0.148. The van der Waals surface area contributed by atoms with Crippen molar-refractivity contribution < 1.29 is 9.72 Å². The lowest BCUT2D eigenvalue weighted by atomic mass is 10.1. The molecule has 1 amide bonds. The quantitative estimate of drug-likeness (QED) is 0.140. The Morgan fingerprint density at radius 1 is 1.00 bits per heavy atom. The second-order valence-electron chi connectivity index (χ2n) is 7.78. The van der Waals surface area contributed by atoms with E-state index >= 15 is 0 Å². The number of thioether (sulfide) groups is 1. The molecule has 0 aliphatic carbocycles. The standard InChI is InChI=1S/C27H20N4O3S/c1-2-16-30-26(32)25(35-27(30)28-24-11-5-8-19-7-3-4-10-23(19)24)18-22-9-6-17-29(22)20-12-14-21(15-13-20)31(33)34/h2-15,17-18H,1,16H2. The summed E-state index contributed by atoms with van der Waals surface area (Å²) in [6, 6.07) is 24.0. The fraction of sp³-hybridized carbons (Fsp3) is 0.0370. The molecule has 1 fully saturated rings. The number of hydrogen-bond acceptors (Lipinski definition) is 5. The van der Waals surface area contributed by atoms with Crippen LogP contribution in [0, 0.1) is 10.1 Å². The van der Waals surface area contributed by atoms with E-state index in [9.17, 15) is 14.9 Å². The summed E-state index contributed by atoms with van der Waals surface area (Å²) >= 11 is 1.32. The number of benzene rings is 3. The van der Waals surface area contributed by atoms with Gasteiger partial charge in [-0.2, -0.15) is 0 Å². The molecule has 0 saturated carbocycles. The van der Waals surface area contributed by atoms with Gasteiger partial charge in [-0.05, 0) is 53.6 Å². The summed E-state index contributed by atoms with van der Waals surface area (Å²) in [6.07, 6.45) is 5.35. The van der Waals surface area contributed by atoms with Gasteiger partial charge in [0, 0.05) is 41.6 Å². The minimum absolute atomic E-state index is 0.0247. The molecule has 0 unspecified atom stereocenters. The molecule has 8 heteroatoms. The Bertz CT molecular complexity index is 1510. The molecule has 1 aromatic heterocycles. The third-order valence-electron chi connectivity index (χ3n) is 5.58. The second-order valence-corrected chi connectivity index (χ2v) is 8.79. The number of carbonyl (C=O) groups is 1. The third kappa shape index (κ3) is 4.39. The van der Waals surface area contributed by atoms with Crippen LogP contribution in [0.1, 0.15) is 5.69 Å². The van der Waals surface area contributed by atoms with Gasteiger partial charge >= 0.3 is 0 Å². The molecule has 0 spiro atoms. The average molecular weight is 481 g/mol. The Hall–Kier alpha value is -4.43. The normalized spacial score (nSPS) is 15.9. The fourth-order valence-corrected chi connectivity index (χ4v) is 4.89. The molecule has 5 rings (SSSR count). The molecule has 7 nitrogen and oxygen atoms in total. The zero-order chi connectivity index (χ0) is 24.4. The molecule has 1 aliphatic heterocycles. The fourth-order valence-electron chi connectivity index (χ4n) is 3.91.